The molecule has 6 nitrogen and oxygen atoms in total. The standard InChI is InChI=1S/C67H133NO5/c1-3-5-7-9-11-13-15-17-32-36-39-43-47-51-55-59-65(70)64(63-69)68-66(71)60-56-52-48-44-40-37-33-30-28-26-24-22-20-18-19-21-23-25-27-29-31-34-38-42-46-50-54-58-62-73-67(72)61-57-53-49-45-41-35-16-14-12-10-8-6-4-2/h64-65,69-70H,3-63H2,1-2H3,(H,68,71). The third-order valence-electron chi connectivity index (χ3n) is 16.2. The number of ether oxygens (including phenoxy) is 1. The Labute approximate surface area is 457 Å². The second kappa shape index (κ2) is 63.4. The van der Waals surface area contributed by atoms with Gasteiger partial charge < -0.3 is 20.3 Å². The molecular formula is C67H133NO5. The Bertz CT molecular complexity index is 1050. The van der Waals surface area contributed by atoms with Crippen molar-refractivity contribution >= 4 is 11.9 Å². The van der Waals surface area contributed by atoms with E-state index in [1.165, 1.54) is 321 Å². The molecule has 2 atom stereocenters. The number of carbonyl (C=O) groups is 2. The summed E-state index contributed by atoms with van der Waals surface area (Å²) in [5.41, 5.74) is 0. The second-order valence-electron chi connectivity index (χ2n) is 23.5. The van der Waals surface area contributed by atoms with E-state index < -0.39 is 12.1 Å². The molecule has 0 aliphatic carbocycles. The van der Waals surface area contributed by atoms with Gasteiger partial charge in [0.2, 0.25) is 5.91 Å². The predicted octanol–water partition coefficient (Wildman–Crippen LogP) is 21.4. The van der Waals surface area contributed by atoms with Gasteiger partial charge in [0.1, 0.15) is 0 Å². The fourth-order valence-electron chi connectivity index (χ4n) is 11.0. The Kier molecular flexibility index (Phi) is 62.4. The summed E-state index contributed by atoms with van der Waals surface area (Å²) in [6.07, 6.45) is 75.7. The number of hydrogen-bond donors (Lipinski definition) is 3. The summed E-state index contributed by atoms with van der Waals surface area (Å²) in [6, 6.07) is -0.537. The van der Waals surface area contributed by atoms with Gasteiger partial charge in [0.05, 0.1) is 25.4 Å². The lowest BCUT2D eigenvalue weighted by Gasteiger charge is -2.22. The molecule has 1 amide bonds. The first-order valence-electron chi connectivity index (χ1n) is 33.8. The van der Waals surface area contributed by atoms with Crippen LogP contribution in [-0.4, -0.2) is 47.4 Å². The molecular weight excluding hydrogens is 899 g/mol. The van der Waals surface area contributed by atoms with Crippen LogP contribution in [0.4, 0.5) is 0 Å². The lowest BCUT2D eigenvalue weighted by molar-refractivity contribution is -0.143. The van der Waals surface area contributed by atoms with Crippen molar-refractivity contribution < 1.29 is 24.5 Å². The molecule has 0 spiro atoms. The first kappa shape index (κ1) is 71.9. The van der Waals surface area contributed by atoms with Gasteiger partial charge in [-0.05, 0) is 25.7 Å². The van der Waals surface area contributed by atoms with Crippen LogP contribution in [0, 0.1) is 0 Å². The molecule has 0 rings (SSSR count). The van der Waals surface area contributed by atoms with E-state index in [4.69, 9.17) is 4.74 Å². The van der Waals surface area contributed by atoms with E-state index >= 15 is 0 Å². The number of nitrogens with one attached hydrogen (secondary N) is 1. The molecule has 0 saturated heterocycles. The van der Waals surface area contributed by atoms with Gasteiger partial charge in [-0.2, -0.15) is 0 Å². The molecule has 0 saturated carbocycles. The molecule has 6 heteroatoms. The fraction of sp³-hybridized carbons (Fsp3) is 0.970. The molecule has 0 aliphatic rings. The van der Waals surface area contributed by atoms with E-state index in [0.717, 1.165) is 38.5 Å². The van der Waals surface area contributed by atoms with E-state index in [2.05, 4.69) is 19.2 Å². The molecule has 2 unspecified atom stereocenters. The Hall–Kier alpha value is -1.14. The Morgan fingerprint density at radius 3 is 0.836 bits per heavy atom. The van der Waals surface area contributed by atoms with Gasteiger partial charge in [-0.15, -0.1) is 0 Å². The van der Waals surface area contributed by atoms with Crippen LogP contribution in [0.5, 0.6) is 0 Å². The van der Waals surface area contributed by atoms with Gasteiger partial charge in [0.25, 0.3) is 0 Å². The number of esters is 1. The van der Waals surface area contributed by atoms with Crippen LogP contribution < -0.4 is 5.32 Å². The molecule has 0 aromatic heterocycles. The van der Waals surface area contributed by atoms with Crippen LogP contribution in [0.3, 0.4) is 0 Å². The highest BCUT2D eigenvalue weighted by Crippen LogP contribution is 2.19. The molecule has 0 aromatic rings. The predicted molar refractivity (Wildman–Crippen MR) is 320 cm³/mol. The zero-order valence-electron chi connectivity index (χ0n) is 49.9. The maximum absolute atomic E-state index is 12.5. The number of hydrogen-bond acceptors (Lipinski definition) is 5. The largest absolute Gasteiger partial charge is 0.466 e. The molecule has 436 valence electrons. The lowest BCUT2D eigenvalue weighted by atomic mass is 10.0. The first-order chi connectivity index (χ1) is 36.0. The van der Waals surface area contributed by atoms with Crippen molar-refractivity contribution in [3.8, 4) is 0 Å². The number of unbranched alkanes of at least 4 members (excludes halogenated alkanes) is 53. The van der Waals surface area contributed by atoms with Crippen molar-refractivity contribution in [1.29, 1.82) is 0 Å². The van der Waals surface area contributed by atoms with Crippen LogP contribution in [0.2, 0.25) is 0 Å². The van der Waals surface area contributed by atoms with Crippen LogP contribution in [0.25, 0.3) is 0 Å². The summed E-state index contributed by atoms with van der Waals surface area (Å²) in [6.45, 7) is 4.99. The van der Waals surface area contributed by atoms with Gasteiger partial charge in [0, 0.05) is 12.8 Å². The third-order valence-corrected chi connectivity index (χ3v) is 16.2. The van der Waals surface area contributed by atoms with Gasteiger partial charge >= 0.3 is 5.97 Å². The minimum absolute atomic E-state index is 0.0214. The summed E-state index contributed by atoms with van der Waals surface area (Å²) in [4.78, 5) is 24.5. The molecule has 0 aromatic carbocycles. The van der Waals surface area contributed by atoms with Gasteiger partial charge in [-0.25, -0.2) is 0 Å². The summed E-state index contributed by atoms with van der Waals surface area (Å²) >= 11 is 0. The van der Waals surface area contributed by atoms with Gasteiger partial charge in [-0.1, -0.05) is 354 Å². The van der Waals surface area contributed by atoms with Gasteiger partial charge in [0.15, 0.2) is 0 Å². The molecule has 0 radical (unpaired) electrons. The average Bonchev–Trinajstić information content (AvgIpc) is 3.39. The number of amides is 1. The number of aliphatic hydroxyl groups is 2. The summed E-state index contributed by atoms with van der Waals surface area (Å²) in [7, 11) is 0. The average molecular weight is 1030 g/mol. The summed E-state index contributed by atoms with van der Waals surface area (Å²) in [5.74, 6) is -0.00686. The Balaban J connectivity index is 3.32. The maximum atomic E-state index is 12.5. The smallest absolute Gasteiger partial charge is 0.305 e. The maximum Gasteiger partial charge on any atom is 0.305 e. The van der Waals surface area contributed by atoms with Crippen molar-refractivity contribution in [3.05, 3.63) is 0 Å². The van der Waals surface area contributed by atoms with E-state index in [1.54, 1.807) is 0 Å². The second-order valence-corrected chi connectivity index (χ2v) is 23.5. The number of aliphatic hydroxyl groups excluding tert-OH is 2. The molecule has 0 aliphatic heterocycles. The van der Waals surface area contributed by atoms with E-state index in [9.17, 15) is 19.8 Å². The van der Waals surface area contributed by atoms with Crippen molar-refractivity contribution in [2.24, 2.45) is 0 Å². The molecule has 0 fully saturated rings. The van der Waals surface area contributed by atoms with E-state index in [-0.39, 0.29) is 18.5 Å². The molecule has 0 heterocycles. The number of carbonyl (C=O) groups excluding carboxylic acids is 2. The monoisotopic (exact) mass is 1030 g/mol. The van der Waals surface area contributed by atoms with E-state index in [1.807, 2.05) is 0 Å². The van der Waals surface area contributed by atoms with Crippen LogP contribution >= 0.6 is 0 Å². The fourth-order valence-corrected chi connectivity index (χ4v) is 11.0. The van der Waals surface area contributed by atoms with Crippen LogP contribution in [-0.2, 0) is 14.3 Å². The van der Waals surface area contributed by atoms with Crippen molar-refractivity contribution in [3.63, 3.8) is 0 Å². The lowest BCUT2D eigenvalue weighted by Crippen LogP contribution is -2.45. The van der Waals surface area contributed by atoms with Gasteiger partial charge in [-0.3, -0.25) is 9.59 Å². The summed E-state index contributed by atoms with van der Waals surface area (Å²) < 4.78 is 5.49. The van der Waals surface area contributed by atoms with Crippen LogP contribution in [0.1, 0.15) is 393 Å². The molecule has 3 N–H and O–H groups in total. The SMILES string of the molecule is CCCCCCCCCCCCCCCCCC(O)C(CO)NC(=O)CCCCCCCCCCCCCCCCCCCCCCCCCCCCCCOC(=O)CCCCCCCCCCCCCCC. The highest BCUT2D eigenvalue weighted by Gasteiger charge is 2.20. The summed E-state index contributed by atoms with van der Waals surface area (Å²) in [5, 5.41) is 23.3. The van der Waals surface area contributed by atoms with Crippen molar-refractivity contribution in [2.75, 3.05) is 13.2 Å². The molecule has 73 heavy (non-hydrogen) atoms. The quantitative estimate of drug-likeness (QED) is 0.0417. The molecule has 0 bridgehead atoms. The highest BCUT2D eigenvalue weighted by molar-refractivity contribution is 5.76. The van der Waals surface area contributed by atoms with E-state index in [0.29, 0.717) is 25.9 Å². The minimum Gasteiger partial charge on any atom is -0.466 e. The minimum atomic E-state index is -0.660. The van der Waals surface area contributed by atoms with Crippen molar-refractivity contribution in [1.82, 2.24) is 5.32 Å². The Morgan fingerprint density at radius 1 is 0.329 bits per heavy atom. The van der Waals surface area contributed by atoms with Crippen LogP contribution in [0.15, 0.2) is 0 Å². The number of rotatable bonds is 64. The topological polar surface area (TPSA) is 95.9 Å². The third kappa shape index (κ3) is 60.0. The van der Waals surface area contributed by atoms with Crippen molar-refractivity contribution in [2.45, 2.75) is 405 Å². The Morgan fingerprint density at radius 2 is 0.562 bits per heavy atom. The highest BCUT2D eigenvalue weighted by atomic mass is 16.5. The normalized spacial score (nSPS) is 12.4. The zero-order chi connectivity index (χ0) is 52.9. The zero-order valence-corrected chi connectivity index (χ0v) is 49.9. The first-order valence-corrected chi connectivity index (χ1v) is 33.8.